The van der Waals surface area contributed by atoms with Crippen molar-refractivity contribution in [3.05, 3.63) is 89.5 Å². The molecule has 192 valence electrons. The van der Waals surface area contributed by atoms with Gasteiger partial charge in [0.15, 0.2) is 6.61 Å². The fraction of sp³-hybridized carbons (Fsp3) is 0.300. The fourth-order valence-electron chi connectivity index (χ4n) is 4.60. The number of ether oxygens (including phenoxy) is 2. The molecule has 1 fully saturated rings. The lowest BCUT2D eigenvalue weighted by Crippen LogP contribution is -2.46. The Morgan fingerprint density at radius 2 is 1.65 bits per heavy atom. The number of rotatable bonds is 8. The van der Waals surface area contributed by atoms with Gasteiger partial charge in [-0.1, -0.05) is 48.9 Å². The molecule has 1 saturated heterocycles. The molecule has 0 radical (unpaired) electrons. The molecule has 1 heterocycles. The average molecular weight is 501 g/mol. The van der Waals surface area contributed by atoms with E-state index in [0.717, 1.165) is 17.5 Å². The lowest BCUT2D eigenvalue weighted by atomic mass is 9.83. The average Bonchev–Trinajstić information content (AvgIpc) is 2.92. The molecule has 3 aromatic rings. The maximum absolute atomic E-state index is 13.3. The quantitative estimate of drug-likeness (QED) is 0.428. The highest BCUT2D eigenvalue weighted by Gasteiger charge is 2.42. The van der Waals surface area contributed by atoms with E-state index < -0.39 is 30.4 Å². The Bertz CT molecular complexity index is 1240. The molecule has 7 heteroatoms. The molecule has 3 aromatic carbocycles. The van der Waals surface area contributed by atoms with E-state index in [1.54, 1.807) is 24.1 Å². The number of carbonyl (C=O) groups excluding carboxylic acids is 3. The summed E-state index contributed by atoms with van der Waals surface area (Å²) < 4.78 is 10.8. The van der Waals surface area contributed by atoms with Gasteiger partial charge >= 0.3 is 5.97 Å². The van der Waals surface area contributed by atoms with Crippen LogP contribution >= 0.6 is 0 Å². The van der Waals surface area contributed by atoms with Gasteiger partial charge in [-0.25, -0.2) is 0 Å². The molecular weight excluding hydrogens is 468 g/mol. The molecule has 0 saturated carbocycles. The highest BCUT2D eigenvalue weighted by Crippen LogP contribution is 2.41. The first-order valence-electron chi connectivity index (χ1n) is 12.5. The highest BCUT2D eigenvalue weighted by atomic mass is 16.5. The molecule has 1 aliphatic heterocycles. The Morgan fingerprint density at radius 3 is 2.27 bits per heavy atom. The summed E-state index contributed by atoms with van der Waals surface area (Å²) in [5.74, 6) is -0.954. The van der Waals surface area contributed by atoms with Gasteiger partial charge in [-0.05, 0) is 67.3 Å². The van der Waals surface area contributed by atoms with Crippen LogP contribution in [0, 0.1) is 12.8 Å². The Balaban J connectivity index is 1.54. The van der Waals surface area contributed by atoms with Crippen molar-refractivity contribution in [3.63, 3.8) is 0 Å². The topological polar surface area (TPSA) is 84.9 Å². The number of anilines is 2. The van der Waals surface area contributed by atoms with Crippen molar-refractivity contribution in [2.75, 3.05) is 23.9 Å². The molecule has 4 rings (SSSR count). The van der Waals surface area contributed by atoms with Gasteiger partial charge in [0, 0.05) is 17.8 Å². The number of amides is 2. The van der Waals surface area contributed by atoms with Gasteiger partial charge in [-0.15, -0.1) is 0 Å². The van der Waals surface area contributed by atoms with Gasteiger partial charge in [0.1, 0.15) is 5.75 Å². The molecule has 0 bridgehead atoms. The van der Waals surface area contributed by atoms with Crippen LogP contribution in [0.25, 0.3) is 0 Å². The van der Waals surface area contributed by atoms with E-state index in [-0.39, 0.29) is 12.3 Å². The van der Waals surface area contributed by atoms with Gasteiger partial charge in [-0.2, -0.15) is 0 Å². The fourth-order valence-corrected chi connectivity index (χ4v) is 4.60. The summed E-state index contributed by atoms with van der Waals surface area (Å²) in [5.41, 5.74) is 4.38. The van der Waals surface area contributed by atoms with Crippen molar-refractivity contribution >= 4 is 29.2 Å². The van der Waals surface area contributed by atoms with Gasteiger partial charge in [0.05, 0.1) is 19.1 Å². The minimum Gasteiger partial charge on any atom is -0.497 e. The van der Waals surface area contributed by atoms with Crippen LogP contribution in [-0.4, -0.2) is 31.5 Å². The van der Waals surface area contributed by atoms with Gasteiger partial charge in [-0.3, -0.25) is 14.4 Å². The molecule has 0 unspecified atom stereocenters. The van der Waals surface area contributed by atoms with Crippen molar-refractivity contribution < 1.29 is 23.9 Å². The van der Waals surface area contributed by atoms with Gasteiger partial charge in [0.2, 0.25) is 5.91 Å². The Morgan fingerprint density at radius 1 is 0.973 bits per heavy atom. The van der Waals surface area contributed by atoms with E-state index in [9.17, 15) is 14.4 Å². The summed E-state index contributed by atoms with van der Waals surface area (Å²) >= 11 is 0. The second kappa shape index (κ2) is 11.7. The molecule has 37 heavy (non-hydrogen) atoms. The maximum atomic E-state index is 13.3. The predicted molar refractivity (Wildman–Crippen MR) is 143 cm³/mol. The summed E-state index contributed by atoms with van der Waals surface area (Å²) in [7, 11) is 1.58. The third-order valence-corrected chi connectivity index (χ3v) is 6.66. The zero-order chi connectivity index (χ0) is 26.4. The molecule has 7 nitrogen and oxygen atoms in total. The van der Waals surface area contributed by atoms with Crippen LogP contribution in [-0.2, 0) is 25.5 Å². The van der Waals surface area contributed by atoms with Crippen LogP contribution in [0.2, 0.25) is 0 Å². The van der Waals surface area contributed by atoms with Crippen LogP contribution in [0.15, 0.2) is 72.8 Å². The predicted octanol–water partition coefficient (Wildman–Crippen LogP) is 5.23. The summed E-state index contributed by atoms with van der Waals surface area (Å²) in [6, 6.07) is 21.9. The second-order valence-corrected chi connectivity index (χ2v) is 9.17. The number of nitrogens with zero attached hydrogens (tertiary/aromatic N) is 1. The lowest BCUT2D eigenvalue weighted by molar-refractivity contribution is -0.153. The van der Waals surface area contributed by atoms with E-state index in [2.05, 4.69) is 12.2 Å². The van der Waals surface area contributed by atoms with E-state index >= 15 is 0 Å². The summed E-state index contributed by atoms with van der Waals surface area (Å²) in [6.07, 6.45) is 1.44. The van der Waals surface area contributed by atoms with Crippen LogP contribution in [0.5, 0.6) is 5.75 Å². The molecule has 0 aromatic heterocycles. The number of nitrogens with one attached hydrogen (secondary N) is 1. The van der Waals surface area contributed by atoms with Crippen molar-refractivity contribution in [1.82, 2.24) is 0 Å². The summed E-state index contributed by atoms with van der Waals surface area (Å²) in [5, 5.41) is 2.76. The number of methoxy groups -OCH3 is 1. The minimum absolute atomic E-state index is 0.0676. The van der Waals surface area contributed by atoms with E-state index in [1.807, 2.05) is 67.6 Å². The summed E-state index contributed by atoms with van der Waals surface area (Å²) in [4.78, 5) is 40.6. The van der Waals surface area contributed by atoms with Crippen LogP contribution in [0.1, 0.15) is 42.5 Å². The third kappa shape index (κ3) is 6.17. The molecule has 1 N–H and O–H groups in total. The first kappa shape index (κ1) is 25.9. The second-order valence-electron chi connectivity index (χ2n) is 9.17. The number of piperidine rings is 1. The van der Waals surface area contributed by atoms with Crippen molar-refractivity contribution in [2.24, 2.45) is 5.92 Å². The summed E-state index contributed by atoms with van der Waals surface area (Å²) in [6.45, 7) is 3.63. The zero-order valence-corrected chi connectivity index (χ0v) is 21.4. The molecule has 0 aliphatic carbocycles. The molecular formula is C30H32N2O5. The Kier molecular flexibility index (Phi) is 8.23. The normalized spacial score (nSPS) is 17.3. The number of carbonyl (C=O) groups is 3. The first-order valence-corrected chi connectivity index (χ1v) is 12.5. The van der Waals surface area contributed by atoms with E-state index in [4.69, 9.17) is 9.47 Å². The number of benzene rings is 3. The lowest BCUT2D eigenvalue weighted by Gasteiger charge is -2.40. The van der Waals surface area contributed by atoms with Gasteiger partial charge in [0.25, 0.3) is 5.91 Å². The third-order valence-electron chi connectivity index (χ3n) is 6.66. The van der Waals surface area contributed by atoms with E-state index in [1.165, 1.54) is 5.56 Å². The molecule has 2 atom stereocenters. The largest absolute Gasteiger partial charge is 0.497 e. The Hall–Kier alpha value is -4.13. The van der Waals surface area contributed by atoms with Crippen molar-refractivity contribution in [2.45, 2.75) is 39.2 Å². The van der Waals surface area contributed by atoms with Crippen LogP contribution < -0.4 is 15.0 Å². The number of hydrogen-bond acceptors (Lipinski definition) is 5. The van der Waals surface area contributed by atoms with Crippen molar-refractivity contribution in [1.29, 1.82) is 0 Å². The highest BCUT2D eigenvalue weighted by molar-refractivity contribution is 5.97. The smallest absolute Gasteiger partial charge is 0.311 e. The number of aryl methyl sites for hydroxylation is 2. The van der Waals surface area contributed by atoms with E-state index in [0.29, 0.717) is 23.5 Å². The maximum Gasteiger partial charge on any atom is 0.311 e. The van der Waals surface area contributed by atoms with Gasteiger partial charge < -0.3 is 19.7 Å². The molecule has 1 aliphatic rings. The molecule has 0 spiro atoms. The monoisotopic (exact) mass is 500 g/mol. The van der Waals surface area contributed by atoms with Crippen LogP contribution in [0.4, 0.5) is 11.4 Å². The number of hydrogen-bond donors (Lipinski definition) is 1. The minimum atomic E-state index is -0.635. The standard InChI is InChI=1S/C30H32N2O5/c1-4-21-7-11-23(12-8-21)31-27(33)19-37-30(35)26-17-18-28(34)32(24-13-5-20(2)6-14-24)29(26)22-9-15-25(36-3)16-10-22/h5-16,26,29H,4,17-19H2,1-3H3,(H,31,33)/t26-,29-/m1/s1. The van der Waals surface area contributed by atoms with Crippen molar-refractivity contribution in [3.8, 4) is 5.75 Å². The molecule has 2 amide bonds. The Labute approximate surface area is 217 Å². The number of esters is 1. The first-order chi connectivity index (χ1) is 17.9. The van der Waals surface area contributed by atoms with Crippen LogP contribution in [0.3, 0.4) is 0 Å². The zero-order valence-electron chi connectivity index (χ0n) is 21.4. The SMILES string of the molecule is CCc1ccc(NC(=O)COC(=O)[C@@H]2CCC(=O)N(c3ccc(C)cc3)[C@@H]2c2ccc(OC)cc2)cc1.